The smallest absolute Gasteiger partial charge is 0.247 e. The average molecular weight is 421 g/mol. The van der Waals surface area contributed by atoms with Crippen molar-refractivity contribution in [3.63, 3.8) is 0 Å². The number of fused-ring (bicyclic) bond motifs is 1. The van der Waals surface area contributed by atoms with E-state index < -0.39 is 0 Å². The van der Waals surface area contributed by atoms with Crippen molar-refractivity contribution < 1.29 is 14.0 Å². The largest absolute Gasteiger partial charge is 0.421 e. The number of nitrogens with zero attached hydrogens (tertiary/aromatic N) is 3. The fourth-order valence-electron chi connectivity index (χ4n) is 2.83. The number of anilines is 2. The summed E-state index contributed by atoms with van der Waals surface area (Å²) in [7, 11) is 0. The maximum absolute atomic E-state index is 12.3. The Hall–Kier alpha value is -3.59. The summed E-state index contributed by atoms with van der Waals surface area (Å²) < 4.78 is 6.52. The number of carbonyl (C=O) groups is 2. The van der Waals surface area contributed by atoms with Crippen molar-refractivity contribution in [2.24, 2.45) is 0 Å². The first-order valence-electron chi connectivity index (χ1n) is 9.34. The molecule has 0 unspecified atom stereocenters. The Labute approximate surface area is 176 Å². The van der Waals surface area contributed by atoms with Crippen LogP contribution in [-0.4, -0.2) is 27.0 Å². The second kappa shape index (κ2) is 8.42. The molecular weight excluding hydrogens is 402 g/mol. The SMILES string of the molecule is CC(=O)Nc1ccc2nc(NC(=O)CCc3nnc(-c4ccc(C)cc4)o3)sc2c1. The Bertz CT molecular complexity index is 1210. The Morgan fingerprint density at radius 3 is 2.63 bits per heavy atom. The van der Waals surface area contributed by atoms with Crippen LogP contribution >= 0.6 is 11.3 Å². The van der Waals surface area contributed by atoms with Gasteiger partial charge in [-0.15, -0.1) is 10.2 Å². The average Bonchev–Trinajstić information content (AvgIpc) is 3.32. The van der Waals surface area contributed by atoms with Crippen LogP contribution in [0.15, 0.2) is 46.9 Å². The summed E-state index contributed by atoms with van der Waals surface area (Å²) in [6, 6.07) is 13.2. The van der Waals surface area contributed by atoms with E-state index in [1.165, 1.54) is 18.3 Å². The lowest BCUT2D eigenvalue weighted by Gasteiger charge is -1.99. The highest BCUT2D eigenvalue weighted by Gasteiger charge is 2.12. The Balaban J connectivity index is 1.36. The molecule has 152 valence electrons. The van der Waals surface area contributed by atoms with Gasteiger partial charge in [-0.25, -0.2) is 4.98 Å². The molecule has 0 aliphatic carbocycles. The minimum absolute atomic E-state index is 0.140. The van der Waals surface area contributed by atoms with Gasteiger partial charge in [-0.1, -0.05) is 29.0 Å². The number of aryl methyl sites for hydroxylation is 2. The number of rotatable bonds is 6. The molecule has 0 fully saturated rings. The molecule has 0 saturated carbocycles. The van der Waals surface area contributed by atoms with Gasteiger partial charge in [0.15, 0.2) is 5.13 Å². The fourth-order valence-corrected chi connectivity index (χ4v) is 3.75. The zero-order valence-corrected chi connectivity index (χ0v) is 17.2. The number of hydrogen-bond acceptors (Lipinski definition) is 7. The standard InChI is InChI=1S/C21H19N5O3S/c1-12-3-5-14(6-4-12)20-26-25-19(29-20)10-9-18(28)24-21-23-16-8-7-15(22-13(2)27)11-17(16)30-21/h3-8,11H,9-10H2,1-2H3,(H,22,27)(H,23,24,28). The van der Waals surface area contributed by atoms with Gasteiger partial charge >= 0.3 is 0 Å². The van der Waals surface area contributed by atoms with E-state index in [0.29, 0.717) is 29.0 Å². The van der Waals surface area contributed by atoms with Crippen LogP contribution < -0.4 is 10.6 Å². The predicted octanol–water partition coefficient (Wildman–Crippen LogP) is 4.18. The number of amides is 2. The van der Waals surface area contributed by atoms with Gasteiger partial charge in [0.05, 0.1) is 10.2 Å². The molecular formula is C21H19N5O3S. The molecule has 0 spiro atoms. The number of aromatic nitrogens is 3. The van der Waals surface area contributed by atoms with Crippen LogP contribution in [-0.2, 0) is 16.0 Å². The summed E-state index contributed by atoms with van der Waals surface area (Å²) >= 11 is 1.35. The first kappa shape index (κ1) is 19.7. The molecule has 2 heterocycles. The summed E-state index contributed by atoms with van der Waals surface area (Å²) in [5, 5.41) is 14.1. The Kier molecular flexibility index (Phi) is 5.53. The van der Waals surface area contributed by atoms with Gasteiger partial charge in [-0.3, -0.25) is 9.59 Å². The molecule has 2 aromatic heterocycles. The van der Waals surface area contributed by atoms with Crippen molar-refractivity contribution in [2.75, 3.05) is 10.6 Å². The van der Waals surface area contributed by atoms with Crippen molar-refractivity contribution in [1.29, 1.82) is 0 Å². The summed E-state index contributed by atoms with van der Waals surface area (Å²) in [5.41, 5.74) is 3.44. The lowest BCUT2D eigenvalue weighted by atomic mass is 10.1. The highest BCUT2D eigenvalue weighted by molar-refractivity contribution is 7.22. The lowest BCUT2D eigenvalue weighted by Crippen LogP contribution is -2.12. The molecule has 0 atom stereocenters. The number of nitrogens with one attached hydrogen (secondary N) is 2. The van der Waals surface area contributed by atoms with Gasteiger partial charge in [-0.05, 0) is 37.3 Å². The molecule has 2 N–H and O–H groups in total. The molecule has 30 heavy (non-hydrogen) atoms. The molecule has 0 saturated heterocycles. The number of benzene rings is 2. The van der Waals surface area contributed by atoms with E-state index in [4.69, 9.17) is 4.42 Å². The molecule has 4 aromatic rings. The van der Waals surface area contributed by atoms with Crippen molar-refractivity contribution >= 4 is 44.2 Å². The third kappa shape index (κ3) is 4.69. The molecule has 0 aliphatic heterocycles. The van der Waals surface area contributed by atoms with Crippen molar-refractivity contribution in [2.45, 2.75) is 26.7 Å². The zero-order valence-electron chi connectivity index (χ0n) is 16.4. The molecule has 2 amide bonds. The Morgan fingerprint density at radius 2 is 1.87 bits per heavy atom. The first-order valence-corrected chi connectivity index (χ1v) is 10.2. The summed E-state index contributed by atoms with van der Waals surface area (Å²) in [5.74, 6) is 0.515. The van der Waals surface area contributed by atoms with Crippen molar-refractivity contribution in [3.8, 4) is 11.5 Å². The van der Waals surface area contributed by atoms with Gasteiger partial charge < -0.3 is 15.1 Å². The summed E-state index contributed by atoms with van der Waals surface area (Å²) in [6.07, 6.45) is 0.533. The van der Waals surface area contributed by atoms with E-state index >= 15 is 0 Å². The monoisotopic (exact) mass is 421 g/mol. The first-order chi connectivity index (χ1) is 14.5. The predicted molar refractivity (Wildman–Crippen MR) is 115 cm³/mol. The highest BCUT2D eigenvalue weighted by atomic mass is 32.1. The molecule has 0 radical (unpaired) electrons. The Morgan fingerprint density at radius 1 is 1.07 bits per heavy atom. The third-order valence-corrected chi connectivity index (χ3v) is 5.22. The minimum Gasteiger partial charge on any atom is -0.421 e. The second-order valence-electron chi connectivity index (χ2n) is 6.80. The van der Waals surface area contributed by atoms with Crippen LogP contribution in [0.1, 0.15) is 24.8 Å². The van der Waals surface area contributed by atoms with Crippen LogP contribution in [0.5, 0.6) is 0 Å². The van der Waals surface area contributed by atoms with Crippen molar-refractivity contribution in [3.05, 3.63) is 53.9 Å². The van der Waals surface area contributed by atoms with Crippen LogP contribution in [0, 0.1) is 6.92 Å². The van der Waals surface area contributed by atoms with Crippen LogP contribution in [0.2, 0.25) is 0 Å². The van der Waals surface area contributed by atoms with Crippen LogP contribution in [0.4, 0.5) is 10.8 Å². The third-order valence-electron chi connectivity index (χ3n) is 4.29. The molecule has 0 aliphatic rings. The highest BCUT2D eigenvalue weighted by Crippen LogP contribution is 2.28. The van der Waals surface area contributed by atoms with Crippen LogP contribution in [0.3, 0.4) is 0 Å². The minimum atomic E-state index is -0.189. The maximum Gasteiger partial charge on any atom is 0.247 e. The van der Waals surface area contributed by atoms with Gasteiger partial charge in [0.25, 0.3) is 0 Å². The molecule has 0 bridgehead atoms. The van der Waals surface area contributed by atoms with E-state index in [1.54, 1.807) is 12.1 Å². The molecule has 9 heteroatoms. The molecule has 4 rings (SSSR count). The van der Waals surface area contributed by atoms with Crippen molar-refractivity contribution in [1.82, 2.24) is 15.2 Å². The van der Waals surface area contributed by atoms with E-state index in [9.17, 15) is 9.59 Å². The maximum atomic E-state index is 12.3. The topological polar surface area (TPSA) is 110 Å². The van der Waals surface area contributed by atoms with E-state index in [0.717, 1.165) is 21.3 Å². The molecule has 2 aromatic carbocycles. The normalized spacial score (nSPS) is 10.9. The molecule has 8 nitrogen and oxygen atoms in total. The number of thiazole rings is 1. The zero-order chi connectivity index (χ0) is 21.1. The van der Waals surface area contributed by atoms with Gasteiger partial charge in [0.1, 0.15) is 0 Å². The number of hydrogen-bond donors (Lipinski definition) is 2. The lowest BCUT2D eigenvalue weighted by molar-refractivity contribution is -0.116. The van der Waals surface area contributed by atoms with Gasteiger partial charge in [-0.2, -0.15) is 0 Å². The second-order valence-corrected chi connectivity index (χ2v) is 7.83. The van der Waals surface area contributed by atoms with Gasteiger partial charge in [0.2, 0.25) is 23.6 Å². The summed E-state index contributed by atoms with van der Waals surface area (Å²) in [6.45, 7) is 3.46. The van der Waals surface area contributed by atoms with Crippen LogP contribution in [0.25, 0.3) is 21.7 Å². The number of carbonyl (C=O) groups excluding carboxylic acids is 2. The quantitative estimate of drug-likeness (QED) is 0.483. The summed E-state index contributed by atoms with van der Waals surface area (Å²) in [4.78, 5) is 27.9. The van der Waals surface area contributed by atoms with E-state index in [1.807, 2.05) is 37.3 Å². The van der Waals surface area contributed by atoms with E-state index in [-0.39, 0.29) is 18.2 Å². The fraction of sp³-hybridized carbons (Fsp3) is 0.190. The van der Waals surface area contributed by atoms with Gasteiger partial charge in [0, 0.05) is 31.0 Å². The van der Waals surface area contributed by atoms with E-state index in [2.05, 4.69) is 25.8 Å².